The molecule has 1 N–H and O–H groups in total. The number of hydrogen-bond donors (Lipinski definition) is 1. The van der Waals surface area contributed by atoms with Crippen LogP contribution in [0.5, 0.6) is 0 Å². The Kier molecular flexibility index (Phi) is 6.50. The van der Waals surface area contributed by atoms with Gasteiger partial charge >= 0.3 is 5.97 Å². The van der Waals surface area contributed by atoms with Gasteiger partial charge in [0, 0.05) is 4.47 Å². The SMILES string of the molecule is COC(=O)c1ccc(/C=C2/SC(=O)N(CC(=O)Nc3ccccc3Br)C2=O)cc1. The molecule has 148 valence electrons. The molecule has 0 atom stereocenters. The number of esters is 1. The van der Waals surface area contributed by atoms with Crippen LogP contribution in [0.2, 0.25) is 0 Å². The van der Waals surface area contributed by atoms with Crippen molar-refractivity contribution in [3.05, 3.63) is 69.0 Å². The lowest BCUT2D eigenvalue weighted by atomic mass is 10.1. The van der Waals surface area contributed by atoms with Crippen molar-refractivity contribution < 1.29 is 23.9 Å². The summed E-state index contributed by atoms with van der Waals surface area (Å²) in [4.78, 5) is 49.6. The van der Waals surface area contributed by atoms with Crippen molar-refractivity contribution in [2.24, 2.45) is 0 Å². The highest BCUT2D eigenvalue weighted by Crippen LogP contribution is 2.32. The van der Waals surface area contributed by atoms with E-state index in [1.54, 1.807) is 48.5 Å². The van der Waals surface area contributed by atoms with Gasteiger partial charge in [0.15, 0.2) is 0 Å². The Morgan fingerprint density at radius 1 is 1.14 bits per heavy atom. The Hall–Kier alpha value is -2.91. The fraction of sp³-hybridized carbons (Fsp3) is 0.100. The molecule has 1 aliphatic heterocycles. The van der Waals surface area contributed by atoms with Gasteiger partial charge in [0.05, 0.1) is 23.3 Å². The minimum absolute atomic E-state index is 0.203. The van der Waals surface area contributed by atoms with Crippen LogP contribution in [0.3, 0.4) is 0 Å². The Labute approximate surface area is 179 Å². The third-order valence-corrected chi connectivity index (χ3v) is 5.55. The van der Waals surface area contributed by atoms with Crippen LogP contribution in [0.15, 0.2) is 57.9 Å². The second-order valence-electron chi connectivity index (χ2n) is 5.91. The maximum atomic E-state index is 12.5. The molecule has 9 heteroatoms. The van der Waals surface area contributed by atoms with E-state index in [-0.39, 0.29) is 11.4 Å². The van der Waals surface area contributed by atoms with E-state index in [0.717, 1.165) is 16.7 Å². The minimum atomic E-state index is -0.542. The zero-order valence-corrected chi connectivity index (χ0v) is 17.6. The largest absolute Gasteiger partial charge is 0.465 e. The van der Waals surface area contributed by atoms with Crippen molar-refractivity contribution in [3.8, 4) is 0 Å². The second-order valence-corrected chi connectivity index (χ2v) is 7.76. The molecule has 0 unspecified atom stereocenters. The first-order valence-corrected chi connectivity index (χ1v) is 9.98. The average molecular weight is 475 g/mol. The number of nitrogens with zero attached hydrogens (tertiary/aromatic N) is 1. The number of ether oxygens (including phenoxy) is 1. The number of imide groups is 1. The monoisotopic (exact) mass is 474 g/mol. The van der Waals surface area contributed by atoms with Crippen LogP contribution < -0.4 is 5.32 Å². The maximum Gasteiger partial charge on any atom is 0.337 e. The molecule has 0 aromatic heterocycles. The van der Waals surface area contributed by atoms with Crippen molar-refractivity contribution in [3.63, 3.8) is 0 Å². The lowest BCUT2D eigenvalue weighted by molar-refractivity contribution is -0.127. The summed E-state index contributed by atoms with van der Waals surface area (Å²) in [5.74, 6) is -1.49. The number of amides is 3. The summed E-state index contributed by atoms with van der Waals surface area (Å²) in [5, 5.41) is 2.14. The van der Waals surface area contributed by atoms with E-state index in [1.807, 2.05) is 0 Å². The topological polar surface area (TPSA) is 92.8 Å². The lowest BCUT2D eigenvalue weighted by Crippen LogP contribution is -2.36. The number of nitrogens with one attached hydrogen (secondary N) is 1. The fourth-order valence-corrected chi connectivity index (χ4v) is 3.74. The molecule has 1 saturated heterocycles. The molecule has 0 bridgehead atoms. The van der Waals surface area contributed by atoms with Gasteiger partial charge in [0.1, 0.15) is 6.54 Å². The normalized spacial score (nSPS) is 15.0. The minimum Gasteiger partial charge on any atom is -0.465 e. The molecule has 0 aliphatic carbocycles. The van der Waals surface area contributed by atoms with E-state index >= 15 is 0 Å². The zero-order valence-electron chi connectivity index (χ0n) is 15.2. The first kappa shape index (κ1) is 20.8. The molecule has 1 fully saturated rings. The van der Waals surface area contributed by atoms with E-state index in [1.165, 1.54) is 13.2 Å². The molecule has 1 aliphatic rings. The summed E-state index contributed by atoms with van der Waals surface area (Å²) in [5.41, 5.74) is 1.56. The number of benzene rings is 2. The van der Waals surface area contributed by atoms with Crippen LogP contribution in [-0.4, -0.2) is 41.6 Å². The summed E-state index contributed by atoms with van der Waals surface area (Å²) in [7, 11) is 1.29. The van der Waals surface area contributed by atoms with Crippen LogP contribution >= 0.6 is 27.7 Å². The first-order chi connectivity index (χ1) is 13.9. The van der Waals surface area contributed by atoms with Crippen LogP contribution in [0.4, 0.5) is 10.5 Å². The number of carbonyl (C=O) groups excluding carboxylic acids is 4. The first-order valence-electron chi connectivity index (χ1n) is 8.37. The molecule has 7 nitrogen and oxygen atoms in total. The average Bonchev–Trinajstić information content (AvgIpc) is 2.97. The molecule has 0 saturated carbocycles. The molecular weight excluding hydrogens is 460 g/mol. The Balaban J connectivity index is 1.69. The molecule has 3 rings (SSSR count). The van der Waals surface area contributed by atoms with Crippen LogP contribution in [0.1, 0.15) is 15.9 Å². The van der Waals surface area contributed by atoms with E-state index in [2.05, 4.69) is 26.0 Å². The Morgan fingerprint density at radius 2 is 1.83 bits per heavy atom. The van der Waals surface area contributed by atoms with Gasteiger partial charge < -0.3 is 10.1 Å². The van der Waals surface area contributed by atoms with Crippen LogP contribution in [0, 0.1) is 0 Å². The van der Waals surface area contributed by atoms with Gasteiger partial charge in [0.25, 0.3) is 11.1 Å². The molecule has 1 heterocycles. The number of hydrogen-bond acceptors (Lipinski definition) is 6. The molecule has 29 heavy (non-hydrogen) atoms. The van der Waals surface area contributed by atoms with Gasteiger partial charge in [0.2, 0.25) is 5.91 Å². The lowest BCUT2D eigenvalue weighted by Gasteiger charge is -2.13. The molecule has 2 aromatic carbocycles. The Morgan fingerprint density at radius 3 is 2.48 bits per heavy atom. The van der Waals surface area contributed by atoms with E-state index in [0.29, 0.717) is 21.3 Å². The van der Waals surface area contributed by atoms with Crippen molar-refractivity contribution in [1.29, 1.82) is 0 Å². The number of methoxy groups -OCH3 is 1. The van der Waals surface area contributed by atoms with Crippen LogP contribution in [0.25, 0.3) is 6.08 Å². The van der Waals surface area contributed by atoms with Crippen molar-refractivity contribution in [2.75, 3.05) is 19.0 Å². The Bertz CT molecular complexity index is 1020. The highest BCUT2D eigenvalue weighted by molar-refractivity contribution is 9.10. The van der Waals surface area contributed by atoms with Gasteiger partial charge in [-0.2, -0.15) is 0 Å². The number of halogens is 1. The van der Waals surface area contributed by atoms with Crippen LogP contribution in [-0.2, 0) is 14.3 Å². The van der Waals surface area contributed by atoms with E-state index in [9.17, 15) is 19.2 Å². The molecular formula is C20H15BrN2O5S. The smallest absolute Gasteiger partial charge is 0.337 e. The molecule has 0 spiro atoms. The summed E-state index contributed by atoms with van der Waals surface area (Å²) in [6, 6.07) is 13.4. The fourth-order valence-electron chi connectivity index (χ4n) is 2.52. The van der Waals surface area contributed by atoms with Gasteiger partial charge in [-0.1, -0.05) is 24.3 Å². The van der Waals surface area contributed by atoms with Gasteiger partial charge in [-0.05, 0) is 63.6 Å². The number of anilines is 1. The number of carbonyl (C=O) groups is 4. The third-order valence-electron chi connectivity index (χ3n) is 3.95. The van der Waals surface area contributed by atoms with E-state index in [4.69, 9.17) is 0 Å². The molecule has 3 amide bonds. The van der Waals surface area contributed by atoms with Gasteiger partial charge in [-0.3, -0.25) is 19.3 Å². The van der Waals surface area contributed by atoms with E-state index < -0.39 is 23.0 Å². The zero-order chi connectivity index (χ0) is 21.0. The number of thioether (sulfide) groups is 1. The quantitative estimate of drug-likeness (QED) is 0.521. The second kappa shape index (κ2) is 9.06. The highest BCUT2D eigenvalue weighted by atomic mass is 79.9. The summed E-state index contributed by atoms with van der Waals surface area (Å²) >= 11 is 4.08. The van der Waals surface area contributed by atoms with Gasteiger partial charge in [-0.15, -0.1) is 0 Å². The molecule has 2 aromatic rings. The van der Waals surface area contributed by atoms with Gasteiger partial charge in [-0.25, -0.2) is 4.79 Å². The van der Waals surface area contributed by atoms with Crippen molar-refractivity contribution in [2.45, 2.75) is 0 Å². The standard InChI is InChI=1S/C20H15BrN2O5S/c1-28-19(26)13-8-6-12(7-9-13)10-16-18(25)23(20(27)29-16)11-17(24)22-15-5-3-2-4-14(15)21/h2-10H,11H2,1H3,(H,22,24)/b16-10+. The van der Waals surface area contributed by atoms with Crippen molar-refractivity contribution in [1.82, 2.24) is 4.90 Å². The summed E-state index contributed by atoms with van der Waals surface area (Å²) in [6.45, 7) is -0.384. The van der Waals surface area contributed by atoms with Crippen molar-refractivity contribution >= 4 is 62.5 Å². The summed E-state index contributed by atoms with van der Waals surface area (Å²) < 4.78 is 5.33. The highest BCUT2D eigenvalue weighted by Gasteiger charge is 2.36. The molecule has 0 radical (unpaired) electrons. The predicted octanol–water partition coefficient (Wildman–Crippen LogP) is 3.91. The predicted molar refractivity (Wildman–Crippen MR) is 113 cm³/mol. The third kappa shape index (κ3) is 4.93. The summed E-state index contributed by atoms with van der Waals surface area (Å²) in [6.07, 6.45) is 1.54. The number of para-hydroxylation sites is 1. The number of rotatable bonds is 5. The maximum absolute atomic E-state index is 12.5.